The highest BCUT2D eigenvalue weighted by atomic mass is 35.5. The SMILES string of the molecule is COC(=O)C1=C(c2ccc(OC)cc2)NC(=O)NC1c1ccc(OCc2ccccc2Cl)cc1. The van der Waals surface area contributed by atoms with E-state index in [1.165, 1.54) is 7.11 Å². The highest BCUT2D eigenvalue weighted by Crippen LogP contribution is 2.33. The third-order valence-electron chi connectivity index (χ3n) is 5.42. The summed E-state index contributed by atoms with van der Waals surface area (Å²) in [5, 5.41) is 6.19. The van der Waals surface area contributed by atoms with Crippen LogP contribution in [0.2, 0.25) is 5.02 Å². The minimum absolute atomic E-state index is 0.289. The van der Waals surface area contributed by atoms with Gasteiger partial charge in [0.15, 0.2) is 0 Å². The monoisotopic (exact) mass is 478 g/mol. The Morgan fingerprint density at radius 1 is 0.941 bits per heavy atom. The topological polar surface area (TPSA) is 85.9 Å². The van der Waals surface area contributed by atoms with Crippen molar-refractivity contribution in [2.24, 2.45) is 0 Å². The molecule has 1 unspecified atom stereocenters. The van der Waals surface area contributed by atoms with E-state index in [4.69, 9.17) is 25.8 Å². The number of methoxy groups -OCH3 is 2. The Bertz CT molecular complexity index is 1220. The predicted octanol–water partition coefficient (Wildman–Crippen LogP) is 4.87. The number of hydrogen-bond acceptors (Lipinski definition) is 5. The second-order valence-electron chi connectivity index (χ2n) is 7.49. The molecule has 0 aliphatic carbocycles. The van der Waals surface area contributed by atoms with Gasteiger partial charge in [0.2, 0.25) is 0 Å². The van der Waals surface area contributed by atoms with Crippen molar-refractivity contribution < 1.29 is 23.8 Å². The van der Waals surface area contributed by atoms with Crippen LogP contribution in [0.3, 0.4) is 0 Å². The zero-order valence-corrected chi connectivity index (χ0v) is 19.4. The van der Waals surface area contributed by atoms with Gasteiger partial charge in [-0.25, -0.2) is 9.59 Å². The predicted molar refractivity (Wildman–Crippen MR) is 129 cm³/mol. The number of carbonyl (C=O) groups is 2. The lowest BCUT2D eigenvalue weighted by atomic mass is 9.92. The van der Waals surface area contributed by atoms with Crippen LogP contribution >= 0.6 is 11.6 Å². The Balaban J connectivity index is 1.63. The molecule has 2 N–H and O–H groups in total. The maximum atomic E-state index is 12.8. The van der Waals surface area contributed by atoms with Crippen LogP contribution in [-0.2, 0) is 16.1 Å². The molecule has 0 spiro atoms. The molecule has 34 heavy (non-hydrogen) atoms. The number of esters is 1. The van der Waals surface area contributed by atoms with E-state index in [1.54, 1.807) is 55.6 Å². The van der Waals surface area contributed by atoms with Gasteiger partial charge in [-0.15, -0.1) is 0 Å². The van der Waals surface area contributed by atoms with Crippen molar-refractivity contribution in [1.82, 2.24) is 10.6 Å². The van der Waals surface area contributed by atoms with Crippen LogP contribution in [0, 0.1) is 0 Å². The summed E-state index contributed by atoms with van der Waals surface area (Å²) in [6.45, 7) is 0.317. The van der Waals surface area contributed by atoms with Crippen molar-refractivity contribution in [1.29, 1.82) is 0 Å². The average molecular weight is 479 g/mol. The summed E-state index contributed by atoms with van der Waals surface area (Å²) in [7, 11) is 2.87. The third-order valence-corrected chi connectivity index (χ3v) is 5.79. The molecule has 1 aliphatic rings. The molecular formula is C26H23ClN2O5. The van der Waals surface area contributed by atoms with Crippen LogP contribution in [-0.4, -0.2) is 26.2 Å². The quantitative estimate of drug-likeness (QED) is 0.473. The number of nitrogens with one attached hydrogen (secondary N) is 2. The Labute approximate surface area is 202 Å². The van der Waals surface area contributed by atoms with E-state index in [1.807, 2.05) is 24.3 Å². The molecule has 174 valence electrons. The number of hydrogen-bond donors (Lipinski definition) is 2. The van der Waals surface area contributed by atoms with Crippen LogP contribution in [0.25, 0.3) is 5.70 Å². The number of benzene rings is 3. The normalized spacial score (nSPS) is 15.3. The Morgan fingerprint density at radius 3 is 2.26 bits per heavy atom. The maximum absolute atomic E-state index is 12.8. The van der Waals surface area contributed by atoms with Gasteiger partial charge in [0.05, 0.1) is 31.5 Å². The lowest BCUT2D eigenvalue weighted by Crippen LogP contribution is -2.45. The molecular weight excluding hydrogens is 456 g/mol. The molecule has 0 saturated heterocycles. The highest BCUT2D eigenvalue weighted by molar-refractivity contribution is 6.31. The molecule has 8 heteroatoms. The number of rotatable bonds is 7. The van der Waals surface area contributed by atoms with Gasteiger partial charge >= 0.3 is 12.0 Å². The first-order chi connectivity index (χ1) is 16.5. The minimum atomic E-state index is -0.712. The molecule has 0 fully saturated rings. The molecule has 0 aromatic heterocycles. The van der Waals surface area contributed by atoms with Crippen molar-refractivity contribution in [3.8, 4) is 11.5 Å². The molecule has 0 bridgehead atoms. The summed E-state index contributed by atoms with van der Waals surface area (Å²) in [4.78, 5) is 25.3. The second-order valence-corrected chi connectivity index (χ2v) is 7.90. The fraction of sp³-hybridized carbons (Fsp3) is 0.154. The fourth-order valence-electron chi connectivity index (χ4n) is 3.66. The lowest BCUT2D eigenvalue weighted by molar-refractivity contribution is -0.136. The van der Waals surface area contributed by atoms with E-state index in [9.17, 15) is 9.59 Å². The van der Waals surface area contributed by atoms with E-state index in [-0.39, 0.29) is 5.57 Å². The summed E-state index contributed by atoms with van der Waals surface area (Å²) in [5.74, 6) is 0.735. The molecule has 2 amide bonds. The fourth-order valence-corrected chi connectivity index (χ4v) is 3.85. The zero-order chi connectivity index (χ0) is 24.1. The lowest BCUT2D eigenvalue weighted by Gasteiger charge is -2.29. The molecule has 3 aromatic rings. The van der Waals surface area contributed by atoms with E-state index in [0.717, 1.165) is 5.56 Å². The standard InChI is InChI=1S/C26H23ClN2O5/c1-32-19-11-7-16(8-12-19)23-22(25(30)33-2)24(29-26(31)28-23)17-9-13-20(14-10-17)34-15-18-5-3-4-6-21(18)27/h3-14,24H,15H2,1-2H3,(H2,28,29,31). The summed E-state index contributed by atoms with van der Waals surface area (Å²) < 4.78 is 16.1. The summed E-state index contributed by atoms with van der Waals surface area (Å²) in [6, 6.07) is 20.5. The second kappa shape index (κ2) is 10.3. The summed E-state index contributed by atoms with van der Waals surface area (Å²) >= 11 is 6.19. The molecule has 1 atom stereocenters. The molecule has 7 nitrogen and oxygen atoms in total. The van der Waals surface area contributed by atoms with Crippen molar-refractivity contribution in [3.05, 3.63) is 100 Å². The van der Waals surface area contributed by atoms with Gasteiger partial charge < -0.3 is 24.8 Å². The number of ether oxygens (including phenoxy) is 3. The van der Waals surface area contributed by atoms with Gasteiger partial charge in [-0.1, -0.05) is 41.9 Å². The van der Waals surface area contributed by atoms with Crippen LogP contribution in [0.5, 0.6) is 11.5 Å². The van der Waals surface area contributed by atoms with E-state index < -0.39 is 18.0 Å². The Kier molecular flexibility index (Phi) is 7.04. The van der Waals surface area contributed by atoms with Crippen molar-refractivity contribution in [3.63, 3.8) is 0 Å². The smallest absolute Gasteiger partial charge is 0.338 e. The third kappa shape index (κ3) is 5.00. The summed E-state index contributed by atoms with van der Waals surface area (Å²) in [5.41, 5.74) is 2.89. The van der Waals surface area contributed by atoms with E-state index in [0.29, 0.717) is 40.0 Å². The largest absolute Gasteiger partial charge is 0.497 e. The first-order valence-electron chi connectivity index (χ1n) is 10.5. The van der Waals surface area contributed by atoms with E-state index >= 15 is 0 Å². The van der Waals surface area contributed by atoms with Crippen LogP contribution in [0.15, 0.2) is 78.4 Å². The Hall–Kier alpha value is -3.97. The van der Waals surface area contributed by atoms with Gasteiger partial charge in [-0.05, 0) is 53.6 Å². The number of carbonyl (C=O) groups excluding carboxylic acids is 2. The molecule has 0 radical (unpaired) electrons. The Morgan fingerprint density at radius 2 is 1.62 bits per heavy atom. The molecule has 3 aromatic carbocycles. The summed E-state index contributed by atoms with van der Waals surface area (Å²) in [6.07, 6.45) is 0. The first-order valence-corrected chi connectivity index (χ1v) is 10.9. The van der Waals surface area contributed by atoms with Crippen LogP contribution in [0.4, 0.5) is 4.79 Å². The van der Waals surface area contributed by atoms with Crippen LogP contribution < -0.4 is 20.1 Å². The zero-order valence-electron chi connectivity index (χ0n) is 18.6. The van der Waals surface area contributed by atoms with Crippen molar-refractivity contribution in [2.75, 3.05) is 14.2 Å². The van der Waals surface area contributed by atoms with Gasteiger partial charge in [-0.3, -0.25) is 0 Å². The first kappa shape index (κ1) is 23.2. The number of halogens is 1. The molecule has 4 rings (SSSR count). The average Bonchev–Trinajstić information content (AvgIpc) is 2.87. The maximum Gasteiger partial charge on any atom is 0.338 e. The van der Waals surface area contributed by atoms with Crippen molar-refractivity contribution >= 4 is 29.3 Å². The molecule has 0 saturated carbocycles. The van der Waals surface area contributed by atoms with E-state index in [2.05, 4.69) is 10.6 Å². The minimum Gasteiger partial charge on any atom is -0.497 e. The highest BCUT2D eigenvalue weighted by Gasteiger charge is 2.34. The molecule has 1 aliphatic heterocycles. The van der Waals surface area contributed by atoms with Gasteiger partial charge in [0.25, 0.3) is 0 Å². The molecule has 1 heterocycles. The number of amides is 2. The van der Waals surface area contributed by atoms with Crippen LogP contribution in [0.1, 0.15) is 22.7 Å². The van der Waals surface area contributed by atoms with Gasteiger partial charge in [0, 0.05) is 10.6 Å². The van der Waals surface area contributed by atoms with Crippen molar-refractivity contribution in [2.45, 2.75) is 12.6 Å². The van der Waals surface area contributed by atoms with Gasteiger partial charge in [0.1, 0.15) is 18.1 Å². The number of urea groups is 1. The van der Waals surface area contributed by atoms with Gasteiger partial charge in [-0.2, -0.15) is 0 Å².